The summed E-state index contributed by atoms with van der Waals surface area (Å²) in [6.07, 6.45) is 1.71. The Labute approximate surface area is 143 Å². The van der Waals surface area contributed by atoms with Gasteiger partial charge in [-0.2, -0.15) is 5.10 Å². The highest BCUT2D eigenvalue weighted by Crippen LogP contribution is 2.36. The molecule has 0 spiro atoms. The van der Waals surface area contributed by atoms with Crippen molar-refractivity contribution in [3.8, 4) is 11.5 Å². The summed E-state index contributed by atoms with van der Waals surface area (Å²) in [5.74, 6) is 1.34. The summed E-state index contributed by atoms with van der Waals surface area (Å²) in [5, 5.41) is 4.89. The minimum absolute atomic E-state index is 0.562. The van der Waals surface area contributed by atoms with Gasteiger partial charge in [-0.15, -0.1) is 0 Å². The van der Waals surface area contributed by atoms with Crippen LogP contribution in [0.25, 0.3) is 0 Å². The van der Waals surface area contributed by atoms with Gasteiger partial charge in [-0.25, -0.2) is 0 Å². The van der Waals surface area contributed by atoms with Crippen LogP contribution in [0, 0.1) is 0 Å². The van der Waals surface area contributed by atoms with E-state index >= 15 is 0 Å². The zero-order chi connectivity index (χ0) is 15.9. The Balaban J connectivity index is 2.14. The van der Waals surface area contributed by atoms with E-state index in [-0.39, 0.29) is 0 Å². The number of hydrogen-bond donors (Lipinski definition) is 1. The van der Waals surface area contributed by atoms with E-state index in [4.69, 9.17) is 21.1 Å². The molecule has 0 saturated heterocycles. The van der Waals surface area contributed by atoms with Gasteiger partial charge in [0.1, 0.15) is 0 Å². The first kappa shape index (κ1) is 16.6. The van der Waals surface area contributed by atoms with Gasteiger partial charge in [-0.05, 0) is 64.8 Å². The molecule has 0 atom stereocenters. The molecule has 0 radical (unpaired) electrons. The first-order valence-corrected chi connectivity index (χ1v) is 7.86. The lowest BCUT2D eigenvalue weighted by Crippen LogP contribution is -1.98. The third kappa shape index (κ3) is 4.39. The summed E-state index contributed by atoms with van der Waals surface area (Å²) in [5.41, 5.74) is 4.69. The number of methoxy groups -OCH3 is 1. The van der Waals surface area contributed by atoms with Crippen molar-refractivity contribution in [2.24, 2.45) is 5.10 Å². The Morgan fingerprint density at radius 1 is 1.27 bits per heavy atom. The lowest BCUT2D eigenvalue weighted by Gasteiger charge is -2.11. The average Bonchev–Trinajstić information content (AvgIpc) is 2.49. The van der Waals surface area contributed by atoms with E-state index in [0.717, 1.165) is 15.7 Å². The molecule has 116 valence electrons. The molecule has 0 fully saturated rings. The lowest BCUT2D eigenvalue weighted by molar-refractivity contribution is 0.310. The molecule has 0 heterocycles. The molecule has 0 unspecified atom stereocenters. The highest BCUT2D eigenvalue weighted by Gasteiger charge is 2.10. The van der Waals surface area contributed by atoms with Gasteiger partial charge in [0, 0.05) is 5.02 Å². The van der Waals surface area contributed by atoms with Crippen LogP contribution in [-0.2, 0) is 0 Å². The Bertz CT molecular complexity index is 660. The fraction of sp³-hybridized carbons (Fsp3) is 0.188. The van der Waals surface area contributed by atoms with Crippen molar-refractivity contribution in [1.82, 2.24) is 0 Å². The quantitative estimate of drug-likeness (QED) is 0.566. The molecule has 2 aromatic rings. The minimum Gasteiger partial charge on any atom is -0.492 e. The summed E-state index contributed by atoms with van der Waals surface area (Å²) in [6, 6.07) is 11.1. The number of nitrogens with zero attached hydrogens (tertiary/aromatic N) is 1. The fourth-order valence-corrected chi connectivity index (χ4v) is 2.58. The maximum absolute atomic E-state index is 5.84. The number of anilines is 1. The van der Waals surface area contributed by atoms with Gasteiger partial charge in [-0.1, -0.05) is 11.6 Å². The van der Waals surface area contributed by atoms with Crippen molar-refractivity contribution in [2.75, 3.05) is 19.1 Å². The number of ether oxygens (including phenoxy) is 2. The summed E-state index contributed by atoms with van der Waals surface area (Å²) >= 11 is 9.31. The van der Waals surface area contributed by atoms with Crippen LogP contribution in [0.1, 0.15) is 12.5 Å². The van der Waals surface area contributed by atoms with Crippen LogP contribution >= 0.6 is 27.5 Å². The van der Waals surface area contributed by atoms with E-state index in [1.54, 1.807) is 25.5 Å². The molecular formula is C16H16BrClN2O2. The maximum atomic E-state index is 5.84. The molecule has 22 heavy (non-hydrogen) atoms. The highest BCUT2D eigenvalue weighted by molar-refractivity contribution is 9.10. The predicted molar refractivity (Wildman–Crippen MR) is 94.5 cm³/mol. The van der Waals surface area contributed by atoms with Crippen molar-refractivity contribution in [3.05, 3.63) is 51.5 Å². The van der Waals surface area contributed by atoms with Gasteiger partial charge >= 0.3 is 0 Å². The second-order valence-corrected chi connectivity index (χ2v) is 5.63. The Morgan fingerprint density at radius 2 is 2.00 bits per heavy atom. The molecule has 0 aliphatic carbocycles. The van der Waals surface area contributed by atoms with Gasteiger partial charge in [0.05, 0.1) is 30.1 Å². The van der Waals surface area contributed by atoms with Gasteiger partial charge in [0.25, 0.3) is 0 Å². The highest BCUT2D eigenvalue weighted by atomic mass is 79.9. The standard InChI is InChI=1S/C16H16BrClN2O2/c1-3-22-15-9-11(8-14(17)16(15)21-2)10-19-20-13-6-4-12(18)5-7-13/h4-10,20H,3H2,1-2H3/b19-10-. The summed E-state index contributed by atoms with van der Waals surface area (Å²) in [4.78, 5) is 0. The molecular weight excluding hydrogens is 368 g/mol. The zero-order valence-corrected chi connectivity index (χ0v) is 14.6. The van der Waals surface area contributed by atoms with Crippen LogP contribution in [0.4, 0.5) is 5.69 Å². The van der Waals surface area contributed by atoms with Crippen LogP contribution in [-0.4, -0.2) is 19.9 Å². The second-order valence-electron chi connectivity index (χ2n) is 4.34. The van der Waals surface area contributed by atoms with Crippen molar-refractivity contribution >= 4 is 39.4 Å². The largest absolute Gasteiger partial charge is 0.492 e. The maximum Gasteiger partial charge on any atom is 0.174 e. The van der Waals surface area contributed by atoms with Crippen LogP contribution in [0.2, 0.25) is 5.02 Å². The monoisotopic (exact) mass is 382 g/mol. The fourth-order valence-electron chi connectivity index (χ4n) is 1.83. The number of nitrogens with one attached hydrogen (secondary N) is 1. The molecule has 0 aliphatic rings. The molecule has 4 nitrogen and oxygen atoms in total. The smallest absolute Gasteiger partial charge is 0.174 e. The molecule has 0 saturated carbocycles. The molecule has 0 aliphatic heterocycles. The molecule has 0 bridgehead atoms. The van der Waals surface area contributed by atoms with Crippen LogP contribution < -0.4 is 14.9 Å². The van der Waals surface area contributed by atoms with Gasteiger partial charge in [-0.3, -0.25) is 5.43 Å². The molecule has 0 aromatic heterocycles. The van der Waals surface area contributed by atoms with Crippen LogP contribution in [0.15, 0.2) is 46.0 Å². The number of hydrogen-bond acceptors (Lipinski definition) is 4. The van der Waals surface area contributed by atoms with Gasteiger partial charge < -0.3 is 9.47 Å². The van der Waals surface area contributed by atoms with E-state index in [9.17, 15) is 0 Å². The second kappa shape index (κ2) is 8.06. The van der Waals surface area contributed by atoms with Crippen molar-refractivity contribution in [3.63, 3.8) is 0 Å². The average molecular weight is 384 g/mol. The van der Waals surface area contributed by atoms with E-state index in [1.165, 1.54) is 0 Å². The van der Waals surface area contributed by atoms with Crippen molar-refractivity contribution in [1.29, 1.82) is 0 Å². The van der Waals surface area contributed by atoms with Crippen LogP contribution in [0.5, 0.6) is 11.5 Å². The number of hydrazone groups is 1. The van der Waals surface area contributed by atoms with E-state index in [0.29, 0.717) is 23.1 Å². The Hall–Kier alpha value is -1.72. The summed E-state index contributed by atoms with van der Waals surface area (Å²) in [7, 11) is 1.61. The van der Waals surface area contributed by atoms with Gasteiger partial charge in [0.15, 0.2) is 11.5 Å². The predicted octanol–water partition coefficient (Wildman–Crippen LogP) is 4.96. The molecule has 2 aromatic carbocycles. The molecule has 1 N–H and O–H groups in total. The Morgan fingerprint density at radius 3 is 2.64 bits per heavy atom. The van der Waals surface area contributed by atoms with E-state index in [1.807, 2.05) is 31.2 Å². The molecule has 0 amide bonds. The summed E-state index contributed by atoms with van der Waals surface area (Å²) in [6.45, 7) is 2.49. The van der Waals surface area contributed by atoms with Gasteiger partial charge in [0.2, 0.25) is 0 Å². The topological polar surface area (TPSA) is 42.8 Å². The lowest BCUT2D eigenvalue weighted by atomic mass is 10.2. The number of rotatable bonds is 6. The SMILES string of the molecule is CCOc1cc(/C=N\Nc2ccc(Cl)cc2)cc(Br)c1OC. The summed E-state index contributed by atoms with van der Waals surface area (Å²) < 4.78 is 11.7. The minimum atomic E-state index is 0.562. The van der Waals surface area contributed by atoms with Crippen LogP contribution in [0.3, 0.4) is 0 Å². The first-order valence-electron chi connectivity index (χ1n) is 6.69. The third-order valence-electron chi connectivity index (χ3n) is 2.79. The van der Waals surface area contributed by atoms with E-state index in [2.05, 4.69) is 26.5 Å². The first-order chi connectivity index (χ1) is 10.6. The Kier molecular flexibility index (Phi) is 6.10. The van der Waals surface area contributed by atoms with E-state index < -0.39 is 0 Å². The number of benzene rings is 2. The number of halogens is 2. The van der Waals surface area contributed by atoms with Crippen molar-refractivity contribution < 1.29 is 9.47 Å². The zero-order valence-electron chi connectivity index (χ0n) is 12.3. The normalized spacial score (nSPS) is 10.7. The van der Waals surface area contributed by atoms with Crippen molar-refractivity contribution in [2.45, 2.75) is 6.92 Å². The third-order valence-corrected chi connectivity index (χ3v) is 3.63. The molecule has 6 heteroatoms. The molecule has 2 rings (SSSR count).